The first-order valence-electron chi connectivity index (χ1n) is 10.2. The first-order valence-corrected chi connectivity index (χ1v) is 11.7. The molecule has 6 nitrogen and oxygen atoms in total. The molecule has 8 heteroatoms. The maximum atomic E-state index is 13.2. The molecule has 2 aliphatic rings. The van der Waals surface area contributed by atoms with Gasteiger partial charge in [0.1, 0.15) is 11.6 Å². The number of hydrogen-bond donors (Lipinski definition) is 0. The number of carbonyl (C=O) groups excluding carboxylic acids is 1. The number of hydrogen-bond acceptors (Lipinski definition) is 4. The number of nitrogens with zero attached hydrogens (tertiary/aromatic N) is 2. The normalized spacial score (nSPS) is 17.7. The van der Waals surface area contributed by atoms with Crippen molar-refractivity contribution in [1.29, 1.82) is 0 Å². The summed E-state index contributed by atoms with van der Waals surface area (Å²) in [4.78, 5) is 15.1. The molecule has 2 aromatic carbocycles. The molecule has 0 radical (unpaired) electrons. The van der Waals surface area contributed by atoms with Crippen LogP contribution in [-0.2, 0) is 14.8 Å². The largest absolute Gasteiger partial charge is 0.497 e. The summed E-state index contributed by atoms with van der Waals surface area (Å²) in [5.74, 6) is 0.0767. The highest BCUT2D eigenvalue weighted by atomic mass is 32.2. The smallest absolute Gasteiger partial charge is 0.243 e. The lowest BCUT2D eigenvalue weighted by molar-refractivity contribution is -0.131. The second-order valence-electron chi connectivity index (χ2n) is 7.86. The summed E-state index contributed by atoms with van der Waals surface area (Å²) >= 11 is 0. The zero-order chi connectivity index (χ0) is 22.2. The van der Waals surface area contributed by atoms with Gasteiger partial charge in [-0.1, -0.05) is 19.1 Å². The van der Waals surface area contributed by atoms with Gasteiger partial charge in [0.05, 0.1) is 17.9 Å². The number of halogens is 1. The number of ether oxygens (including phenoxy) is 1. The van der Waals surface area contributed by atoms with Crippen LogP contribution in [-0.4, -0.2) is 56.8 Å². The Bertz CT molecular complexity index is 1090. The lowest BCUT2D eigenvalue weighted by atomic mass is 9.95. The second-order valence-corrected chi connectivity index (χ2v) is 9.80. The van der Waals surface area contributed by atoms with E-state index in [4.69, 9.17) is 4.74 Å². The number of amides is 1. The molecule has 0 spiro atoms. The molecule has 2 aromatic rings. The maximum Gasteiger partial charge on any atom is 0.243 e. The van der Waals surface area contributed by atoms with Gasteiger partial charge >= 0.3 is 0 Å². The maximum absolute atomic E-state index is 13.2. The highest BCUT2D eigenvalue weighted by molar-refractivity contribution is 7.89. The Labute approximate surface area is 182 Å². The van der Waals surface area contributed by atoms with E-state index in [1.807, 2.05) is 36.1 Å². The van der Waals surface area contributed by atoms with Crippen molar-refractivity contribution < 1.29 is 22.3 Å². The number of sulfonamides is 1. The third-order valence-electron chi connectivity index (χ3n) is 5.99. The predicted molar refractivity (Wildman–Crippen MR) is 115 cm³/mol. The van der Waals surface area contributed by atoms with Crippen LogP contribution in [0.25, 0.3) is 0 Å². The third kappa shape index (κ3) is 4.09. The van der Waals surface area contributed by atoms with E-state index in [-0.39, 0.29) is 29.8 Å². The quantitative estimate of drug-likeness (QED) is 0.642. The van der Waals surface area contributed by atoms with Crippen LogP contribution in [0.5, 0.6) is 5.75 Å². The van der Waals surface area contributed by atoms with Gasteiger partial charge in [0.2, 0.25) is 15.9 Å². The zero-order valence-corrected chi connectivity index (χ0v) is 18.4. The molecule has 0 aliphatic carbocycles. The van der Waals surface area contributed by atoms with Crippen LogP contribution in [0.4, 0.5) is 4.39 Å². The zero-order valence-electron chi connectivity index (χ0n) is 17.5. The minimum Gasteiger partial charge on any atom is -0.497 e. The summed E-state index contributed by atoms with van der Waals surface area (Å²) in [6.07, 6.45) is 0.678. The van der Waals surface area contributed by atoms with Crippen LogP contribution in [0.1, 0.15) is 24.8 Å². The highest BCUT2D eigenvalue weighted by Crippen LogP contribution is 2.32. The van der Waals surface area contributed by atoms with E-state index in [1.54, 1.807) is 7.11 Å². The van der Waals surface area contributed by atoms with Crippen molar-refractivity contribution in [3.05, 3.63) is 71.1 Å². The molecule has 0 N–H and O–H groups in total. The van der Waals surface area contributed by atoms with Crippen LogP contribution in [0.3, 0.4) is 0 Å². The average molecular weight is 445 g/mol. The molecule has 164 valence electrons. The summed E-state index contributed by atoms with van der Waals surface area (Å²) in [5, 5.41) is 0. The Morgan fingerprint density at radius 3 is 2.10 bits per heavy atom. The standard InChI is InChI=1S/C23H25FN2O4S/c1-3-22(16-4-8-20(30-2)9-5-16)23(27)25-12-17-14-26(15-18(17)13-25)31(28,29)21-10-6-19(24)7-11-21/h4-11,22H,3,12-15H2,1-2H3/t22-/m1/s1. The van der Waals surface area contributed by atoms with Crippen molar-refractivity contribution in [2.24, 2.45) is 0 Å². The number of benzene rings is 2. The fourth-order valence-electron chi connectivity index (χ4n) is 4.24. The van der Waals surface area contributed by atoms with E-state index in [0.29, 0.717) is 19.5 Å². The molecular weight excluding hydrogens is 419 g/mol. The fourth-order valence-corrected chi connectivity index (χ4v) is 5.67. The van der Waals surface area contributed by atoms with Gasteiger partial charge in [-0.3, -0.25) is 4.79 Å². The number of methoxy groups -OCH3 is 1. The highest BCUT2D eigenvalue weighted by Gasteiger charge is 2.38. The summed E-state index contributed by atoms with van der Waals surface area (Å²) in [6, 6.07) is 12.4. The van der Waals surface area contributed by atoms with Crippen molar-refractivity contribution >= 4 is 15.9 Å². The Balaban J connectivity index is 1.42. The Morgan fingerprint density at radius 1 is 1.00 bits per heavy atom. The Morgan fingerprint density at radius 2 is 1.58 bits per heavy atom. The number of carbonyl (C=O) groups is 1. The van der Waals surface area contributed by atoms with E-state index in [9.17, 15) is 17.6 Å². The van der Waals surface area contributed by atoms with Crippen molar-refractivity contribution in [1.82, 2.24) is 9.21 Å². The monoisotopic (exact) mass is 444 g/mol. The van der Waals surface area contributed by atoms with E-state index in [0.717, 1.165) is 34.6 Å². The minimum absolute atomic E-state index is 0.0509. The summed E-state index contributed by atoms with van der Waals surface area (Å²) in [5.41, 5.74) is 2.90. The van der Waals surface area contributed by atoms with Gasteiger partial charge in [-0.05, 0) is 59.5 Å². The van der Waals surface area contributed by atoms with Crippen LogP contribution in [0, 0.1) is 5.82 Å². The van der Waals surface area contributed by atoms with E-state index in [2.05, 4.69) is 0 Å². The molecule has 0 saturated heterocycles. The molecule has 0 unspecified atom stereocenters. The van der Waals surface area contributed by atoms with E-state index >= 15 is 0 Å². The molecule has 1 atom stereocenters. The first kappa shape index (κ1) is 21.5. The van der Waals surface area contributed by atoms with Crippen LogP contribution < -0.4 is 4.74 Å². The lowest BCUT2D eigenvalue weighted by Crippen LogP contribution is -2.38. The Hall–Kier alpha value is -2.71. The van der Waals surface area contributed by atoms with Crippen molar-refractivity contribution in [3.63, 3.8) is 0 Å². The molecule has 1 amide bonds. The van der Waals surface area contributed by atoms with Crippen molar-refractivity contribution in [2.75, 3.05) is 33.3 Å². The fraction of sp³-hybridized carbons (Fsp3) is 0.348. The summed E-state index contributed by atoms with van der Waals surface area (Å²) < 4.78 is 45.5. The van der Waals surface area contributed by atoms with Crippen molar-refractivity contribution in [2.45, 2.75) is 24.2 Å². The van der Waals surface area contributed by atoms with E-state index in [1.165, 1.54) is 16.4 Å². The van der Waals surface area contributed by atoms with Gasteiger partial charge in [0.15, 0.2) is 0 Å². The van der Waals surface area contributed by atoms with Crippen molar-refractivity contribution in [3.8, 4) is 5.75 Å². The molecule has 0 aromatic heterocycles. The van der Waals surface area contributed by atoms with E-state index < -0.39 is 15.8 Å². The second kappa shape index (κ2) is 8.43. The molecule has 31 heavy (non-hydrogen) atoms. The topological polar surface area (TPSA) is 66.9 Å². The van der Waals surface area contributed by atoms with Gasteiger partial charge < -0.3 is 9.64 Å². The molecule has 0 saturated carbocycles. The van der Waals surface area contributed by atoms with Crippen LogP contribution in [0.2, 0.25) is 0 Å². The van der Waals surface area contributed by atoms with Gasteiger partial charge in [0, 0.05) is 26.2 Å². The first-order chi connectivity index (χ1) is 14.8. The van der Waals surface area contributed by atoms with Crippen LogP contribution in [0.15, 0.2) is 64.6 Å². The molecule has 2 heterocycles. The lowest BCUT2D eigenvalue weighted by Gasteiger charge is -2.26. The molecule has 2 aliphatic heterocycles. The molecular formula is C23H25FN2O4S. The minimum atomic E-state index is -3.70. The van der Waals surface area contributed by atoms with Gasteiger partial charge in [-0.15, -0.1) is 0 Å². The number of rotatable bonds is 6. The SMILES string of the molecule is CC[C@@H](C(=O)N1CC2=C(C1)CN(S(=O)(=O)c1ccc(F)cc1)C2)c1ccc(OC)cc1. The summed E-state index contributed by atoms with van der Waals surface area (Å²) in [6.45, 7) is 3.39. The third-order valence-corrected chi connectivity index (χ3v) is 7.79. The van der Waals surface area contributed by atoms with Gasteiger partial charge in [0.25, 0.3) is 0 Å². The molecule has 0 bridgehead atoms. The molecule has 0 fully saturated rings. The Kier molecular flexibility index (Phi) is 5.85. The van der Waals surface area contributed by atoms with Gasteiger partial charge in [-0.25, -0.2) is 12.8 Å². The van der Waals surface area contributed by atoms with Crippen LogP contribution >= 0.6 is 0 Å². The van der Waals surface area contributed by atoms with Gasteiger partial charge in [-0.2, -0.15) is 4.31 Å². The average Bonchev–Trinajstić information content (AvgIpc) is 3.35. The summed E-state index contributed by atoms with van der Waals surface area (Å²) in [7, 11) is -2.09. The molecule has 4 rings (SSSR count). The predicted octanol–water partition coefficient (Wildman–Crippen LogP) is 3.17.